The van der Waals surface area contributed by atoms with Crippen molar-refractivity contribution in [1.29, 1.82) is 0 Å². The van der Waals surface area contributed by atoms with Gasteiger partial charge in [-0.25, -0.2) is 4.98 Å². The molecule has 0 amide bonds. The van der Waals surface area contributed by atoms with Crippen molar-refractivity contribution >= 4 is 17.4 Å². The fourth-order valence-electron chi connectivity index (χ4n) is 2.57. The van der Waals surface area contributed by atoms with Crippen molar-refractivity contribution in [3.05, 3.63) is 23.4 Å². The third-order valence-electron chi connectivity index (χ3n) is 3.80. The van der Waals surface area contributed by atoms with Crippen LogP contribution in [0.25, 0.3) is 0 Å². The Kier molecular flexibility index (Phi) is 3.70. The average Bonchev–Trinajstić information content (AvgIpc) is 2.78. The molecule has 0 atom stereocenters. The summed E-state index contributed by atoms with van der Waals surface area (Å²) in [6.07, 6.45) is 8.42. The minimum atomic E-state index is 0.473. The van der Waals surface area contributed by atoms with Crippen molar-refractivity contribution in [3.63, 3.8) is 0 Å². The largest absolute Gasteiger partial charge is 0.368 e. The second kappa shape index (κ2) is 5.05. The second-order valence-electron chi connectivity index (χ2n) is 4.75. The summed E-state index contributed by atoms with van der Waals surface area (Å²) in [5.74, 6) is 0.823. The summed E-state index contributed by atoms with van der Waals surface area (Å²) < 4.78 is 0. The molecule has 0 saturated heterocycles. The molecule has 3 heteroatoms. The van der Waals surface area contributed by atoms with Crippen LogP contribution in [0.4, 0.5) is 5.82 Å². The second-order valence-corrected chi connectivity index (χ2v) is 5.16. The van der Waals surface area contributed by atoms with E-state index in [1.165, 1.54) is 32.1 Å². The van der Waals surface area contributed by atoms with Crippen LogP contribution < -0.4 is 5.32 Å². The van der Waals surface area contributed by atoms with Crippen LogP contribution in [-0.4, -0.2) is 11.5 Å². The van der Waals surface area contributed by atoms with Crippen molar-refractivity contribution in [1.82, 2.24) is 4.98 Å². The van der Waals surface area contributed by atoms with Gasteiger partial charge in [-0.2, -0.15) is 0 Å². The van der Waals surface area contributed by atoms with Crippen LogP contribution in [-0.2, 0) is 0 Å². The first kappa shape index (κ1) is 11.7. The van der Waals surface area contributed by atoms with Gasteiger partial charge in [0.25, 0.3) is 0 Å². The van der Waals surface area contributed by atoms with E-state index in [2.05, 4.69) is 17.2 Å². The Morgan fingerprint density at radius 2 is 2.19 bits per heavy atom. The van der Waals surface area contributed by atoms with Crippen molar-refractivity contribution in [3.8, 4) is 0 Å². The summed E-state index contributed by atoms with van der Waals surface area (Å²) in [5, 5.41) is 4.12. The normalized spacial score (nSPS) is 18.6. The highest BCUT2D eigenvalue weighted by Gasteiger charge is 2.31. The molecule has 0 radical (unpaired) electrons. The maximum absolute atomic E-state index is 6.07. The summed E-state index contributed by atoms with van der Waals surface area (Å²) in [4.78, 5) is 4.26. The summed E-state index contributed by atoms with van der Waals surface area (Å²) in [6.45, 7) is 3.28. The zero-order chi connectivity index (χ0) is 11.4. The lowest BCUT2D eigenvalue weighted by molar-refractivity contribution is 0.306. The number of rotatable bonds is 4. The summed E-state index contributed by atoms with van der Waals surface area (Å²) >= 11 is 6.07. The van der Waals surface area contributed by atoms with E-state index in [9.17, 15) is 0 Å². The van der Waals surface area contributed by atoms with Gasteiger partial charge in [0.05, 0.1) is 5.02 Å². The predicted octanol–water partition coefficient (Wildman–Crippen LogP) is 4.12. The van der Waals surface area contributed by atoms with E-state index in [0.717, 1.165) is 12.4 Å². The van der Waals surface area contributed by atoms with E-state index < -0.39 is 0 Å². The third kappa shape index (κ3) is 2.49. The van der Waals surface area contributed by atoms with Gasteiger partial charge in [0.15, 0.2) is 0 Å². The van der Waals surface area contributed by atoms with Gasteiger partial charge >= 0.3 is 0 Å². The molecule has 0 aromatic carbocycles. The maximum atomic E-state index is 6.07. The Morgan fingerprint density at radius 1 is 1.44 bits per heavy atom. The Bertz CT molecular complexity index is 346. The first-order chi connectivity index (χ1) is 7.76. The number of pyridine rings is 1. The lowest BCUT2D eigenvalue weighted by Gasteiger charge is -2.28. The van der Waals surface area contributed by atoms with Gasteiger partial charge in [0.1, 0.15) is 5.82 Å². The summed E-state index contributed by atoms with van der Waals surface area (Å²) in [5.41, 5.74) is 0.473. The molecule has 1 aliphatic carbocycles. The van der Waals surface area contributed by atoms with Crippen LogP contribution in [0.1, 0.15) is 39.0 Å². The van der Waals surface area contributed by atoms with E-state index in [1.807, 2.05) is 12.1 Å². The Hall–Kier alpha value is -0.760. The first-order valence-corrected chi connectivity index (χ1v) is 6.48. The van der Waals surface area contributed by atoms with Gasteiger partial charge in [0, 0.05) is 12.7 Å². The van der Waals surface area contributed by atoms with Gasteiger partial charge in [-0.15, -0.1) is 0 Å². The minimum Gasteiger partial charge on any atom is -0.368 e. The molecule has 1 fully saturated rings. The van der Waals surface area contributed by atoms with E-state index in [-0.39, 0.29) is 0 Å². The molecule has 1 aromatic rings. The van der Waals surface area contributed by atoms with Gasteiger partial charge < -0.3 is 5.32 Å². The van der Waals surface area contributed by atoms with Gasteiger partial charge in [-0.1, -0.05) is 31.4 Å². The van der Waals surface area contributed by atoms with Crippen molar-refractivity contribution in [2.45, 2.75) is 39.0 Å². The standard InChI is InChI=1S/C13H19ClN2/c1-2-13(7-3-4-8-13)10-16-12-11(14)6-5-9-15-12/h5-6,9H,2-4,7-8,10H2,1H3,(H,15,16). The monoisotopic (exact) mass is 238 g/mol. The molecule has 0 bridgehead atoms. The molecule has 1 aromatic heterocycles. The van der Waals surface area contributed by atoms with Crippen LogP contribution in [0.2, 0.25) is 5.02 Å². The third-order valence-corrected chi connectivity index (χ3v) is 4.11. The number of nitrogens with zero attached hydrogens (tertiary/aromatic N) is 1. The Balaban J connectivity index is 1.98. The number of aromatic nitrogens is 1. The number of hydrogen-bond donors (Lipinski definition) is 1. The molecule has 16 heavy (non-hydrogen) atoms. The molecular weight excluding hydrogens is 220 g/mol. The molecule has 0 aliphatic heterocycles. The van der Waals surface area contributed by atoms with Gasteiger partial charge in [-0.05, 0) is 36.8 Å². The molecule has 0 unspecified atom stereocenters. The predicted molar refractivity (Wildman–Crippen MR) is 68.9 cm³/mol. The fraction of sp³-hybridized carbons (Fsp3) is 0.615. The topological polar surface area (TPSA) is 24.9 Å². The molecule has 1 N–H and O–H groups in total. The summed E-state index contributed by atoms with van der Waals surface area (Å²) in [6, 6.07) is 3.74. The van der Waals surface area contributed by atoms with Crippen LogP contribution in [0, 0.1) is 5.41 Å². The lowest BCUT2D eigenvalue weighted by atomic mass is 9.83. The van der Waals surface area contributed by atoms with Crippen molar-refractivity contribution in [2.75, 3.05) is 11.9 Å². The van der Waals surface area contributed by atoms with E-state index in [1.54, 1.807) is 6.20 Å². The molecular formula is C13H19ClN2. The molecule has 1 saturated carbocycles. The SMILES string of the molecule is CCC1(CNc2ncccc2Cl)CCCC1. The first-order valence-electron chi connectivity index (χ1n) is 6.10. The summed E-state index contributed by atoms with van der Waals surface area (Å²) in [7, 11) is 0. The fourth-order valence-corrected chi connectivity index (χ4v) is 2.76. The lowest BCUT2D eigenvalue weighted by Crippen LogP contribution is -2.26. The van der Waals surface area contributed by atoms with Gasteiger partial charge in [-0.3, -0.25) is 0 Å². The molecule has 1 aliphatic rings. The van der Waals surface area contributed by atoms with Crippen LogP contribution in [0.5, 0.6) is 0 Å². The van der Waals surface area contributed by atoms with E-state index >= 15 is 0 Å². The van der Waals surface area contributed by atoms with Crippen molar-refractivity contribution in [2.24, 2.45) is 5.41 Å². The van der Waals surface area contributed by atoms with E-state index in [4.69, 9.17) is 11.6 Å². The van der Waals surface area contributed by atoms with Crippen LogP contribution >= 0.6 is 11.6 Å². The molecule has 88 valence electrons. The highest BCUT2D eigenvalue weighted by molar-refractivity contribution is 6.32. The smallest absolute Gasteiger partial charge is 0.144 e. The van der Waals surface area contributed by atoms with E-state index in [0.29, 0.717) is 10.4 Å². The number of anilines is 1. The highest BCUT2D eigenvalue weighted by Crippen LogP contribution is 2.41. The van der Waals surface area contributed by atoms with Crippen LogP contribution in [0.15, 0.2) is 18.3 Å². The quantitative estimate of drug-likeness (QED) is 0.854. The minimum absolute atomic E-state index is 0.473. The molecule has 2 nitrogen and oxygen atoms in total. The average molecular weight is 239 g/mol. The Labute approximate surface area is 102 Å². The maximum Gasteiger partial charge on any atom is 0.144 e. The van der Waals surface area contributed by atoms with Crippen molar-refractivity contribution < 1.29 is 0 Å². The molecule has 1 heterocycles. The van der Waals surface area contributed by atoms with Crippen LogP contribution in [0.3, 0.4) is 0 Å². The molecule has 2 rings (SSSR count). The number of nitrogens with one attached hydrogen (secondary N) is 1. The zero-order valence-electron chi connectivity index (χ0n) is 9.80. The molecule has 0 spiro atoms. The zero-order valence-corrected chi connectivity index (χ0v) is 10.6. The van der Waals surface area contributed by atoms with Gasteiger partial charge in [0.2, 0.25) is 0 Å². The number of halogens is 1. The highest BCUT2D eigenvalue weighted by atomic mass is 35.5. The number of hydrogen-bond acceptors (Lipinski definition) is 2. The Morgan fingerprint density at radius 3 is 2.81 bits per heavy atom.